The summed E-state index contributed by atoms with van der Waals surface area (Å²) in [4.78, 5) is 21.2. The quantitative estimate of drug-likeness (QED) is 0.710. The van der Waals surface area contributed by atoms with Crippen molar-refractivity contribution in [1.82, 2.24) is 19.7 Å². The van der Waals surface area contributed by atoms with Crippen LogP contribution in [0.4, 0.5) is 5.95 Å². The Labute approximate surface area is 175 Å². The lowest BCUT2D eigenvalue weighted by molar-refractivity contribution is -0.163. The summed E-state index contributed by atoms with van der Waals surface area (Å²) in [7, 11) is 0. The molecule has 0 radical (unpaired) electrons. The van der Waals surface area contributed by atoms with Crippen LogP contribution in [0.1, 0.15) is 61.6 Å². The Morgan fingerprint density at radius 1 is 1.40 bits per heavy atom. The number of carbonyl (C=O) groups is 1. The van der Waals surface area contributed by atoms with Crippen molar-refractivity contribution in [3.8, 4) is 11.4 Å². The molecule has 9 nitrogen and oxygen atoms in total. The first-order valence-electron chi connectivity index (χ1n) is 10.6. The topological polar surface area (TPSA) is 111 Å². The molecule has 1 aliphatic heterocycles. The standard InChI is InChI=1S/C21H29N5O4/c1-4-22-20-23-12-13-11-21(2,3)15-17(16(13)24-20)25-26(18(15)19(27)28)8-10-30-14-7-5-6-9-29-14/h12,14H,4-11H2,1-3H3,(H,27,28)(H,22,23,24). The van der Waals surface area contributed by atoms with Crippen molar-refractivity contribution in [2.75, 3.05) is 25.1 Å². The summed E-state index contributed by atoms with van der Waals surface area (Å²) in [5.74, 6) is -0.471. The average Bonchev–Trinajstić information content (AvgIpc) is 3.11. The molecule has 3 heterocycles. The third-order valence-corrected chi connectivity index (χ3v) is 5.63. The summed E-state index contributed by atoms with van der Waals surface area (Å²) >= 11 is 0. The molecule has 1 saturated heterocycles. The van der Waals surface area contributed by atoms with Crippen molar-refractivity contribution in [3.05, 3.63) is 23.0 Å². The first-order valence-corrected chi connectivity index (χ1v) is 10.6. The Balaban J connectivity index is 1.68. The second-order valence-electron chi connectivity index (χ2n) is 8.43. The molecule has 2 N–H and O–H groups in total. The highest BCUT2D eigenvalue weighted by Crippen LogP contribution is 2.43. The molecule has 0 amide bonds. The number of carboxylic acids is 1. The first kappa shape index (κ1) is 20.7. The van der Waals surface area contributed by atoms with Crippen LogP contribution in [0.25, 0.3) is 11.4 Å². The van der Waals surface area contributed by atoms with Crippen LogP contribution in [0.15, 0.2) is 6.20 Å². The summed E-state index contributed by atoms with van der Waals surface area (Å²) in [6.45, 7) is 8.14. The molecule has 1 aliphatic carbocycles. The molecule has 4 rings (SSSR count). The van der Waals surface area contributed by atoms with Gasteiger partial charge in [-0.05, 0) is 43.6 Å². The van der Waals surface area contributed by atoms with Gasteiger partial charge in [0, 0.05) is 24.9 Å². The summed E-state index contributed by atoms with van der Waals surface area (Å²) in [5.41, 5.74) is 2.82. The Hall–Kier alpha value is -2.52. The van der Waals surface area contributed by atoms with Gasteiger partial charge in [0.2, 0.25) is 5.95 Å². The van der Waals surface area contributed by atoms with Crippen molar-refractivity contribution in [1.29, 1.82) is 0 Å². The number of aromatic nitrogens is 4. The van der Waals surface area contributed by atoms with E-state index in [0.717, 1.165) is 30.4 Å². The van der Waals surface area contributed by atoms with E-state index < -0.39 is 11.4 Å². The Morgan fingerprint density at radius 3 is 2.93 bits per heavy atom. The van der Waals surface area contributed by atoms with E-state index in [1.54, 1.807) is 4.68 Å². The van der Waals surface area contributed by atoms with Gasteiger partial charge >= 0.3 is 5.97 Å². The summed E-state index contributed by atoms with van der Waals surface area (Å²) < 4.78 is 13.0. The summed E-state index contributed by atoms with van der Waals surface area (Å²) in [5, 5.41) is 17.8. The van der Waals surface area contributed by atoms with Gasteiger partial charge in [-0.1, -0.05) is 13.8 Å². The van der Waals surface area contributed by atoms with Crippen molar-refractivity contribution in [2.24, 2.45) is 0 Å². The van der Waals surface area contributed by atoms with Crippen LogP contribution >= 0.6 is 0 Å². The SMILES string of the molecule is CCNc1ncc2c(n1)-c1nn(CCOC3CCCCO3)c(C(=O)O)c1C(C)(C)C2. The molecule has 2 aliphatic rings. The third kappa shape index (κ3) is 3.91. The largest absolute Gasteiger partial charge is 0.477 e. The highest BCUT2D eigenvalue weighted by Gasteiger charge is 2.40. The zero-order valence-corrected chi connectivity index (χ0v) is 17.8. The monoisotopic (exact) mass is 415 g/mol. The fourth-order valence-electron chi connectivity index (χ4n) is 4.31. The zero-order chi connectivity index (χ0) is 21.3. The van der Waals surface area contributed by atoms with Gasteiger partial charge in [0.05, 0.1) is 18.8 Å². The molecular weight excluding hydrogens is 386 g/mol. The minimum Gasteiger partial charge on any atom is -0.477 e. The smallest absolute Gasteiger partial charge is 0.354 e. The van der Waals surface area contributed by atoms with Crippen molar-refractivity contribution in [2.45, 2.75) is 64.7 Å². The molecule has 1 unspecified atom stereocenters. The van der Waals surface area contributed by atoms with Gasteiger partial charge in [0.15, 0.2) is 12.0 Å². The Morgan fingerprint density at radius 2 is 2.23 bits per heavy atom. The Bertz CT molecular complexity index is 934. The van der Waals surface area contributed by atoms with E-state index >= 15 is 0 Å². The van der Waals surface area contributed by atoms with Crippen LogP contribution in [-0.2, 0) is 27.9 Å². The number of nitrogens with zero attached hydrogens (tertiary/aromatic N) is 4. The average molecular weight is 415 g/mol. The Kier molecular flexibility index (Phi) is 5.75. The lowest BCUT2D eigenvalue weighted by Crippen LogP contribution is -2.29. The molecule has 162 valence electrons. The van der Waals surface area contributed by atoms with Gasteiger partial charge in [-0.15, -0.1) is 0 Å². The van der Waals surface area contributed by atoms with E-state index in [1.165, 1.54) is 0 Å². The molecule has 1 atom stereocenters. The van der Waals surface area contributed by atoms with Crippen LogP contribution in [-0.4, -0.2) is 56.9 Å². The second kappa shape index (κ2) is 8.31. The van der Waals surface area contributed by atoms with Gasteiger partial charge in [-0.25, -0.2) is 14.8 Å². The molecule has 0 aromatic carbocycles. The van der Waals surface area contributed by atoms with Crippen LogP contribution < -0.4 is 5.32 Å². The number of hydrogen-bond donors (Lipinski definition) is 2. The number of rotatable bonds is 7. The highest BCUT2D eigenvalue weighted by atomic mass is 16.7. The van der Waals surface area contributed by atoms with Crippen LogP contribution in [0.3, 0.4) is 0 Å². The van der Waals surface area contributed by atoms with E-state index in [2.05, 4.69) is 20.4 Å². The molecule has 2 aromatic rings. The van der Waals surface area contributed by atoms with Crippen molar-refractivity contribution in [3.63, 3.8) is 0 Å². The molecule has 1 fully saturated rings. The van der Waals surface area contributed by atoms with Gasteiger partial charge < -0.3 is 19.9 Å². The number of carboxylic acid groups (broad SMARTS) is 1. The van der Waals surface area contributed by atoms with E-state index in [-0.39, 0.29) is 12.0 Å². The maximum Gasteiger partial charge on any atom is 0.354 e. The van der Waals surface area contributed by atoms with E-state index in [1.807, 2.05) is 27.0 Å². The summed E-state index contributed by atoms with van der Waals surface area (Å²) in [6, 6.07) is 0. The summed E-state index contributed by atoms with van der Waals surface area (Å²) in [6.07, 6.45) is 5.25. The molecule has 2 aromatic heterocycles. The fourth-order valence-corrected chi connectivity index (χ4v) is 4.31. The zero-order valence-electron chi connectivity index (χ0n) is 17.8. The van der Waals surface area contributed by atoms with Crippen molar-refractivity contribution >= 4 is 11.9 Å². The normalized spacial score (nSPS) is 19.8. The minimum atomic E-state index is -0.991. The number of nitrogens with one attached hydrogen (secondary N) is 1. The van der Waals surface area contributed by atoms with Gasteiger partial charge in [-0.2, -0.15) is 5.10 Å². The van der Waals surface area contributed by atoms with Gasteiger partial charge in [0.25, 0.3) is 0 Å². The number of hydrogen-bond acceptors (Lipinski definition) is 7. The van der Waals surface area contributed by atoms with E-state index in [0.29, 0.717) is 50.1 Å². The van der Waals surface area contributed by atoms with Crippen LogP contribution in [0.5, 0.6) is 0 Å². The van der Waals surface area contributed by atoms with E-state index in [4.69, 9.17) is 9.47 Å². The number of fused-ring (bicyclic) bond motifs is 3. The molecule has 0 spiro atoms. The number of anilines is 1. The molecule has 0 bridgehead atoms. The van der Waals surface area contributed by atoms with Crippen molar-refractivity contribution < 1.29 is 19.4 Å². The highest BCUT2D eigenvalue weighted by molar-refractivity contribution is 5.91. The number of aromatic carboxylic acids is 1. The van der Waals surface area contributed by atoms with Gasteiger partial charge in [-0.3, -0.25) is 4.68 Å². The lowest BCUT2D eigenvalue weighted by Gasteiger charge is -2.30. The lowest BCUT2D eigenvalue weighted by atomic mass is 9.73. The second-order valence-corrected chi connectivity index (χ2v) is 8.43. The predicted molar refractivity (Wildman–Crippen MR) is 111 cm³/mol. The minimum absolute atomic E-state index is 0.206. The first-order chi connectivity index (χ1) is 14.4. The van der Waals surface area contributed by atoms with Crippen LogP contribution in [0, 0.1) is 0 Å². The molecular formula is C21H29N5O4. The number of ether oxygens (including phenoxy) is 2. The van der Waals surface area contributed by atoms with Gasteiger partial charge in [0.1, 0.15) is 5.69 Å². The van der Waals surface area contributed by atoms with Crippen LogP contribution in [0.2, 0.25) is 0 Å². The van der Waals surface area contributed by atoms with E-state index in [9.17, 15) is 9.90 Å². The maximum atomic E-state index is 12.2. The maximum absolute atomic E-state index is 12.2. The molecule has 30 heavy (non-hydrogen) atoms. The molecule has 0 saturated carbocycles. The fraction of sp³-hybridized carbons (Fsp3) is 0.619. The predicted octanol–water partition coefficient (Wildman–Crippen LogP) is 2.85. The third-order valence-electron chi connectivity index (χ3n) is 5.63. The molecule has 9 heteroatoms.